The Bertz CT molecular complexity index is 745. The van der Waals surface area contributed by atoms with Crippen molar-refractivity contribution in [3.8, 4) is 0 Å². The van der Waals surface area contributed by atoms with Gasteiger partial charge in [0, 0.05) is 19.2 Å². The monoisotopic (exact) mass is 328 g/mol. The fraction of sp³-hybridized carbons (Fsp3) is 0.500. The number of amides is 1. The Morgan fingerprint density at radius 3 is 2.50 bits per heavy atom. The lowest BCUT2D eigenvalue weighted by Gasteiger charge is -2.25. The van der Waals surface area contributed by atoms with E-state index in [4.69, 9.17) is 4.52 Å². The molecule has 0 radical (unpaired) electrons. The van der Waals surface area contributed by atoms with Crippen LogP contribution >= 0.6 is 0 Å². The van der Waals surface area contributed by atoms with Crippen molar-refractivity contribution in [2.24, 2.45) is 0 Å². The average Bonchev–Trinajstić information content (AvgIpc) is 3.05. The second-order valence-electron chi connectivity index (χ2n) is 6.69. The van der Waals surface area contributed by atoms with Crippen molar-refractivity contribution in [2.45, 2.75) is 46.7 Å². The summed E-state index contributed by atoms with van der Waals surface area (Å²) < 4.78 is 5.00. The van der Waals surface area contributed by atoms with Crippen molar-refractivity contribution in [1.82, 2.24) is 15.0 Å². The van der Waals surface area contributed by atoms with Crippen LogP contribution in [0.4, 0.5) is 5.69 Å². The van der Waals surface area contributed by atoms with E-state index in [0.29, 0.717) is 18.3 Å². The van der Waals surface area contributed by atoms with Crippen LogP contribution in [0.3, 0.4) is 0 Å². The zero-order valence-corrected chi connectivity index (χ0v) is 15.0. The molecule has 3 rings (SSSR count). The highest BCUT2D eigenvalue weighted by molar-refractivity contribution is 6.00. The first-order chi connectivity index (χ1) is 11.4. The molecule has 1 aliphatic heterocycles. The second kappa shape index (κ2) is 6.36. The lowest BCUT2D eigenvalue weighted by Crippen LogP contribution is -2.39. The van der Waals surface area contributed by atoms with Gasteiger partial charge in [0.15, 0.2) is 5.82 Å². The summed E-state index contributed by atoms with van der Waals surface area (Å²) in [5.41, 5.74) is 4.58. The van der Waals surface area contributed by atoms with Crippen LogP contribution in [0.1, 0.15) is 34.8 Å². The van der Waals surface area contributed by atoms with E-state index in [1.54, 1.807) is 6.92 Å². The van der Waals surface area contributed by atoms with Crippen LogP contribution < -0.4 is 4.90 Å². The Balaban J connectivity index is 1.78. The van der Waals surface area contributed by atoms with Crippen LogP contribution in [0.15, 0.2) is 16.7 Å². The number of hydrogen-bond donors (Lipinski definition) is 0. The number of rotatable bonds is 4. The minimum atomic E-state index is -0.149. The molecule has 0 bridgehead atoms. The van der Waals surface area contributed by atoms with Crippen molar-refractivity contribution >= 4 is 11.6 Å². The number of aryl methyl sites for hydroxylation is 4. The molecular weight excluding hydrogens is 304 g/mol. The van der Waals surface area contributed by atoms with E-state index in [1.807, 2.05) is 16.8 Å². The van der Waals surface area contributed by atoms with E-state index in [9.17, 15) is 4.79 Å². The molecule has 6 heteroatoms. The Kier molecular flexibility index (Phi) is 4.41. The molecule has 0 saturated carbocycles. The van der Waals surface area contributed by atoms with E-state index in [1.165, 1.54) is 5.56 Å². The van der Waals surface area contributed by atoms with Gasteiger partial charge < -0.3 is 9.42 Å². The first-order valence-corrected chi connectivity index (χ1v) is 8.25. The fourth-order valence-corrected chi connectivity index (χ4v) is 3.63. The number of likely N-dealkylation sites (N-methyl/N-ethyl adjacent to an activating group) is 1. The zero-order chi connectivity index (χ0) is 17.4. The summed E-state index contributed by atoms with van der Waals surface area (Å²) in [4.78, 5) is 21.1. The van der Waals surface area contributed by atoms with Gasteiger partial charge in [0.2, 0.25) is 11.8 Å². The average molecular weight is 328 g/mol. The number of hydrogen-bond acceptors (Lipinski definition) is 5. The molecule has 2 aromatic rings. The molecule has 1 atom stereocenters. The Morgan fingerprint density at radius 1 is 1.25 bits per heavy atom. The molecule has 1 saturated heterocycles. The Labute approximate surface area is 142 Å². The van der Waals surface area contributed by atoms with E-state index >= 15 is 0 Å². The molecule has 0 N–H and O–H groups in total. The number of carbonyl (C=O) groups excluding carboxylic acids is 1. The van der Waals surface area contributed by atoms with Gasteiger partial charge in [-0.3, -0.25) is 9.69 Å². The first-order valence-electron chi connectivity index (χ1n) is 8.25. The van der Waals surface area contributed by atoms with Gasteiger partial charge in [-0.05, 0) is 45.4 Å². The zero-order valence-electron chi connectivity index (χ0n) is 15.0. The lowest BCUT2D eigenvalue weighted by molar-refractivity contribution is -0.121. The van der Waals surface area contributed by atoms with Gasteiger partial charge in [-0.25, -0.2) is 0 Å². The molecule has 2 heterocycles. The van der Waals surface area contributed by atoms with Crippen molar-refractivity contribution in [3.05, 3.63) is 40.5 Å². The smallest absolute Gasteiger partial charge is 0.244 e. The highest BCUT2D eigenvalue weighted by Gasteiger charge is 2.36. The van der Waals surface area contributed by atoms with Crippen LogP contribution in [0.25, 0.3) is 0 Å². The second-order valence-corrected chi connectivity index (χ2v) is 6.69. The maximum Gasteiger partial charge on any atom is 0.244 e. The van der Waals surface area contributed by atoms with Crippen LogP contribution in [0, 0.1) is 27.7 Å². The number of benzene rings is 1. The van der Waals surface area contributed by atoms with Gasteiger partial charge >= 0.3 is 0 Å². The summed E-state index contributed by atoms with van der Waals surface area (Å²) in [5, 5.41) is 3.91. The molecule has 1 amide bonds. The first kappa shape index (κ1) is 16.6. The van der Waals surface area contributed by atoms with Gasteiger partial charge in [0.1, 0.15) is 0 Å². The lowest BCUT2D eigenvalue weighted by atomic mass is 10.0. The van der Waals surface area contributed by atoms with Crippen LogP contribution in [-0.4, -0.2) is 40.6 Å². The van der Waals surface area contributed by atoms with Gasteiger partial charge in [-0.2, -0.15) is 4.98 Å². The van der Waals surface area contributed by atoms with E-state index in [2.05, 4.69) is 43.0 Å². The summed E-state index contributed by atoms with van der Waals surface area (Å²) in [5.74, 6) is 1.31. The molecule has 24 heavy (non-hydrogen) atoms. The van der Waals surface area contributed by atoms with Gasteiger partial charge in [0.05, 0.1) is 12.6 Å². The van der Waals surface area contributed by atoms with E-state index < -0.39 is 0 Å². The fourth-order valence-electron chi connectivity index (χ4n) is 3.63. The highest BCUT2D eigenvalue weighted by atomic mass is 16.5. The van der Waals surface area contributed by atoms with Crippen molar-refractivity contribution < 1.29 is 9.32 Å². The normalized spacial score (nSPS) is 18.0. The molecule has 0 spiro atoms. The number of carbonyl (C=O) groups is 1. The SMILES string of the molecule is Cc1cc(C)c(N2CC[C@@H](N(C)Cc3noc(C)n3)C2=O)c(C)c1. The molecule has 6 nitrogen and oxygen atoms in total. The number of nitrogens with zero attached hydrogens (tertiary/aromatic N) is 4. The Hall–Kier alpha value is -2.21. The summed E-state index contributed by atoms with van der Waals surface area (Å²) in [7, 11) is 1.94. The van der Waals surface area contributed by atoms with Crippen LogP contribution in [0.5, 0.6) is 0 Å². The van der Waals surface area contributed by atoms with E-state index in [0.717, 1.165) is 29.8 Å². The Morgan fingerprint density at radius 2 is 1.92 bits per heavy atom. The largest absolute Gasteiger partial charge is 0.340 e. The molecule has 1 aromatic carbocycles. The van der Waals surface area contributed by atoms with Crippen molar-refractivity contribution in [1.29, 1.82) is 0 Å². The predicted molar refractivity (Wildman–Crippen MR) is 91.9 cm³/mol. The van der Waals surface area contributed by atoms with Gasteiger partial charge in [0.25, 0.3) is 0 Å². The minimum absolute atomic E-state index is 0.146. The maximum atomic E-state index is 13.0. The molecule has 1 aromatic heterocycles. The minimum Gasteiger partial charge on any atom is -0.340 e. The third-order valence-corrected chi connectivity index (χ3v) is 4.58. The van der Waals surface area contributed by atoms with Gasteiger partial charge in [-0.1, -0.05) is 22.9 Å². The molecule has 128 valence electrons. The molecule has 1 aliphatic rings. The molecule has 0 unspecified atom stereocenters. The third-order valence-electron chi connectivity index (χ3n) is 4.58. The summed E-state index contributed by atoms with van der Waals surface area (Å²) in [6.45, 7) is 9.24. The highest BCUT2D eigenvalue weighted by Crippen LogP contribution is 2.31. The van der Waals surface area contributed by atoms with Crippen LogP contribution in [-0.2, 0) is 11.3 Å². The van der Waals surface area contributed by atoms with Crippen molar-refractivity contribution in [3.63, 3.8) is 0 Å². The number of anilines is 1. The molecule has 1 fully saturated rings. The summed E-state index contributed by atoms with van der Waals surface area (Å²) in [6, 6.07) is 4.12. The summed E-state index contributed by atoms with van der Waals surface area (Å²) in [6.07, 6.45) is 0.804. The van der Waals surface area contributed by atoms with E-state index in [-0.39, 0.29) is 11.9 Å². The van der Waals surface area contributed by atoms with Crippen LogP contribution in [0.2, 0.25) is 0 Å². The third kappa shape index (κ3) is 3.06. The maximum absolute atomic E-state index is 13.0. The number of aromatic nitrogens is 2. The topological polar surface area (TPSA) is 62.5 Å². The predicted octanol–water partition coefficient (Wildman–Crippen LogP) is 2.54. The van der Waals surface area contributed by atoms with Gasteiger partial charge in [-0.15, -0.1) is 0 Å². The summed E-state index contributed by atoms with van der Waals surface area (Å²) >= 11 is 0. The van der Waals surface area contributed by atoms with Crippen molar-refractivity contribution in [2.75, 3.05) is 18.5 Å². The molecular formula is C18H24N4O2. The standard InChI is InChI=1S/C18H24N4O2/c1-11-8-12(2)17(13(3)9-11)22-7-6-15(18(22)23)21(5)10-16-19-14(4)24-20-16/h8-9,15H,6-7,10H2,1-5H3/t15-/m1/s1. The quantitative estimate of drug-likeness (QED) is 0.863. The molecule has 0 aliphatic carbocycles.